The van der Waals surface area contributed by atoms with Crippen LogP contribution in [0.1, 0.15) is 19.8 Å². The Hall–Kier alpha value is -2.31. The van der Waals surface area contributed by atoms with Gasteiger partial charge in [0.1, 0.15) is 5.69 Å². The fraction of sp³-hybridized carbons (Fsp3) is 0.500. The number of nitro groups is 1. The molecule has 0 heterocycles. The van der Waals surface area contributed by atoms with Gasteiger partial charge in [-0.1, -0.05) is 6.07 Å². The molecule has 21 heavy (non-hydrogen) atoms. The predicted molar refractivity (Wildman–Crippen MR) is 78.5 cm³/mol. The van der Waals surface area contributed by atoms with Crippen LogP contribution in [0.5, 0.6) is 5.75 Å². The highest BCUT2D eigenvalue weighted by Gasteiger charge is 2.29. The zero-order valence-corrected chi connectivity index (χ0v) is 11.9. The first kappa shape index (κ1) is 15.1. The van der Waals surface area contributed by atoms with Crippen LogP contribution in [0.25, 0.3) is 0 Å². The zero-order chi connectivity index (χ0) is 15.2. The smallest absolute Gasteiger partial charge is 0.333 e. The van der Waals surface area contributed by atoms with E-state index in [-0.39, 0.29) is 23.3 Å². The molecule has 0 saturated heterocycles. The van der Waals surface area contributed by atoms with E-state index in [1.165, 1.54) is 0 Å². The molecule has 1 saturated carbocycles. The summed E-state index contributed by atoms with van der Waals surface area (Å²) in [5, 5.41) is 16.9. The third kappa shape index (κ3) is 4.08. The van der Waals surface area contributed by atoms with E-state index < -0.39 is 4.92 Å². The summed E-state index contributed by atoms with van der Waals surface area (Å²) < 4.78 is 5.27. The number of nitrogens with one attached hydrogen (secondary N) is 2. The molecule has 1 aromatic rings. The maximum Gasteiger partial charge on any atom is 0.333 e. The second kappa shape index (κ2) is 6.92. The summed E-state index contributed by atoms with van der Waals surface area (Å²) in [5.74, 6) is 0.476. The quantitative estimate of drug-likeness (QED) is 0.434. The lowest BCUT2D eigenvalue weighted by Crippen LogP contribution is -2.29. The molecule has 1 aliphatic carbocycles. The van der Waals surface area contributed by atoms with Crippen molar-refractivity contribution in [1.29, 1.82) is 0 Å². The zero-order valence-electron chi connectivity index (χ0n) is 11.9. The van der Waals surface area contributed by atoms with E-state index in [9.17, 15) is 14.9 Å². The van der Waals surface area contributed by atoms with Crippen molar-refractivity contribution in [2.24, 2.45) is 5.92 Å². The third-order valence-corrected chi connectivity index (χ3v) is 3.17. The van der Waals surface area contributed by atoms with Gasteiger partial charge in [-0.3, -0.25) is 14.9 Å². The highest BCUT2D eigenvalue weighted by Crippen LogP contribution is 2.34. The summed E-state index contributed by atoms with van der Waals surface area (Å²) in [5.41, 5.74) is 0.319. The number of benzene rings is 1. The van der Waals surface area contributed by atoms with Gasteiger partial charge in [0.2, 0.25) is 5.91 Å². The van der Waals surface area contributed by atoms with Crippen molar-refractivity contribution in [3.8, 4) is 5.75 Å². The van der Waals surface area contributed by atoms with Gasteiger partial charge in [-0.2, -0.15) is 0 Å². The van der Waals surface area contributed by atoms with E-state index in [2.05, 4.69) is 10.6 Å². The van der Waals surface area contributed by atoms with Crippen molar-refractivity contribution in [1.82, 2.24) is 5.32 Å². The fourth-order valence-corrected chi connectivity index (χ4v) is 2.00. The molecule has 0 radical (unpaired) electrons. The van der Waals surface area contributed by atoms with Crippen LogP contribution < -0.4 is 15.4 Å². The van der Waals surface area contributed by atoms with E-state index in [0.717, 1.165) is 12.8 Å². The number of para-hydroxylation sites is 1. The van der Waals surface area contributed by atoms with Crippen LogP contribution in [0.2, 0.25) is 0 Å². The number of hydrogen-bond donors (Lipinski definition) is 2. The van der Waals surface area contributed by atoms with Crippen molar-refractivity contribution in [2.45, 2.75) is 19.8 Å². The van der Waals surface area contributed by atoms with Crippen LogP contribution in [0.3, 0.4) is 0 Å². The first-order valence-corrected chi connectivity index (χ1v) is 7.05. The van der Waals surface area contributed by atoms with Crippen LogP contribution in [0.15, 0.2) is 18.2 Å². The van der Waals surface area contributed by atoms with Gasteiger partial charge in [-0.25, -0.2) is 0 Å². The minimum absolute atomic E-state index is 0.0642. The molecule has 0 aliphatic heterocycles. The summed E-state index contributed by atoms with van der Waals surface area (Å²) in [6.45, 7) is 3.00. The van der Waals surface area contributed by atoms with E-state index >= 15 is 0 Å². The Morgan fingerprint density at radius 2 is 2.19 bits per heavy atom. The lowest BCUT2D eigenvalue weighted by atomic mass is 10.2. The summed E-state index contributed by atoms with van der Waals surface area (Å²) in [7, 11) is 0. The van der Waals surface area contributed by atoms with Crippen molar-refractivity contribution in [2.75, 3.05) is 25.0 Å². The monoisotopic (exact) mass is 293 g/mol. The van der Waals surface area contributed by atoms with Crippen molar-refractivity contribution < 1.29 is 14.5 Å². The van der Waals surface area contributed by atoms with Crippen molar-refractivity contribution in [3.05, 3.63) is 28.3 Å². The standard InChI is InChI=1S/C14H19N3O4/c1-2-21-12-5-3-4-11(13(12)17(19)20)15-8-9-16-14(18)10-6-7-10/h3-5,10,15H,2,6-9H2,1H3,(H,16,18). The third-order valence-electron chi connectivity index (χ3n) is 3.17. The average Bonchev–Trinajstić information content (AvgIpc) is 3.28. The van der Waals surface area contributed by atoms with Crippen LogP contribution >= 0.6 is 0 Å². The normalized spacial score (nSPS) is 13.6. The minimum atomic E-state index is -0.462. The van der Waals surface area contributed by atoms with Gasteiger partial charge in [0.15, 0.2) is 5.75 Å². The predicted octanol–water partition coefficient (Wildman–Crippen LogP) is 1.93. The number of rotatable bonds is 8. The topological polar surface area (TPSA) is 93.5 Å². The number of ether oxygens (including phenoxy) is 1. The minimum Gasteiger partial charge on any atom is -0.487 e. The summed E-state index contributed by atoms with van der Waals surface area (Å²) >= 11 is 0. The SMILES string of the molecule is CCOc1cccc(NCCNC(=O)C2CC2)c1[N+](=O)[O-]. The molecule has 1 amide bonds. The first-order chi connectivity index (χ1) is 10.1. The number of carbonyl (C=O) groups excluding carboxylic acids is 1. The molecule has 1 fully saturated rings. The Kier molecular flexibility index (Phi) is 4.97. The highest BCUT2D eigenvalue weighted by atomic mass is 16.6. The van der Waals surface area contributed by atoms with Crippen LogP contribution in [-0.4, -0.2) is 30.5 Å². The molecule has 0 atom stereocenters. The molecule has 0 bridgehead atoms. The highest BCUT2D eigenvalue weighted by molar-refractivity contribution is 5.80. The average molecular weight is 293 g/mol. The molecule has 2 N–H and O–H groups in total. The molecule has 7 heteroatoms. The van der Waals surface area contributed by atoms with E-state index in [4.69, 9.17) is 4.74 Å². The first-order valence-electron chi connectivity index (χ1n) is 7.05. The number of amides is 1. The Morgan fingerprint density at radius 3 is 2.81 bits per heavy atom. The van der Waals surface area contributed by atoms with Crippen molar-refractivity contribution >= 4 is 17.3 Å². The second-order valence-corrected chi connectivity index (χ2v) is 4.83. The summed E-state index contributed by atoms with van der Waals surface area (Å²) in [4.78, 5) is 22.2. The van der Waals surface area contributed by atoms with Gasteiger partial charge in [0.25, 0.3) is 0 Å². The molecule has 0 aromatic heterocycles. The second-order valence-electron chi connectivity index (χ2n) is 4.83. The molecule has 1 aliphatic rings. The Balaban J connectivity index is 1.93. The fourth-order valence-electron chi connectivity index (χ4n) is 2.00. The van der Waals surface area contributed by atoms with Crippen molar-refractivity contribution in [3.63, 3.8) is 0 Å². The number of carbonyl (C=O) groups is 1. The number of anilines is 1. The van der Waals surface area contributed by atoms with E-state index in [1.807, 2.05) is 0 Å². The summed E-state index contributed by atoms with van der Waals surface area (Å²) in [6.07, 6.45) is 1.92. The molecular weight excluding hydrogens is 274 g/mol. The largest absolute Gasteiger partial charge is 0.487 e. The molecule has 0 unspecified atom stereocenters. The molecule has 1 aromatic carbocycles. The van der Waals surface area contributed by atoms with Crippen LogP contribution in [-0.2, 0) is 4.79 Å². The van der Waals surface area contributed by atoms with Gasteiger partial charge < -0.3 is 15.4 Å². The van der Waals surface area contributed by atoms with Crippen LogP contribution in [0, 0.1) is 16.0 Å². The van der Waals surface area contributed by atoms with Gasteiger partial charge in [-0.15, -0.1) is 0 Å². The number of hydrogen-bond acceptors (Lipinski definition) is 5. The number of nitrogens with zero attached hydrogens (tertiary/aromatic N) is 1. The molecule has 114 valence electrons. The maximum absolute atomic E-state index is 11.5. The molecule has 0 spiro atoms. The van der Waals surface area contributed by atoms with Gasteiger partial charge in [0, 0.05) is 19.0 Å². The molecular formula is C14H19N3O4. The molecule has 2 rings (SSSR count). The van der Waals surface area contributed by atoms with E-state index in [1.54, 1.807) is 25.1 Å². The van der Waals surface area contributed by atoms with Crippen LogP contribution in [0.4, 0.5) is 11.4 Å². The van der Waals surface area contributed by atoms with Gasteiger partial charge in [-0.05, 0) is 31.9 Å². The van der Waals surface area contributed by atoms with Gasteiger partial charge >= 0.3 is 5.69 Å². The lowest BCUT2D eigenvalue weighted by Gasteiger charge is -2.10. The van der Waals surface area contributed by atoms with E-state index in [0.29, 0.717) is 25.4 Å². The number of nitro benzene ring substituents is 1. The van der Waals surface area contributed by atoms with Gasteiger partial charge in [0.05, 0.1) is 11.5 Å². The maximum atomic E-state index is 11.5. The Bertz CT molecular complexity index is 529. The Morgan fingerprint density at radius 1 is 1.43 bits per heavy atom. The molecule has 7 nitrogen and oxygen atoms in total. The Labute approximate surface area is 122 Å². The summed E-state index contributed by atoms with van der Waals surface area (Å²) in [6, 6.07) is 4.90. The lowest BCUT2D eigenvalue weighted by molar-refractivity contribution is -0.384.